The van der Waals surface area contributed by atoms with Gasteiger partial charge in [0.1, 0.15) is 6.10 Å². The molecule has 0 fully saturated rings. The summed E-state index contributed by atoms with van der Waals surface area (Å²) >= 11 is 1.56. The van der Waals surface area contributed by atoms with E-state index in [0.29, 0.717) is 12.0 Å². The summed E-state index contributed by atoms with van der Waals surface area (Å²) in [6.45, 7) is 6.59. The molecule has 3 heteroatoms. The van der Waals surface area contributed by atoms with Crippen LogP contribution in [0.2, 0.25) is 0 Å². The maximum absolute atomic E-state index is 5.72. The van der Waals surface area contributed by atoms with Crippen molar-refractivity contribution in [3.63, 3.8) is 0 Å². The van der Waals surface area contributed by atoms with Gasteiger partial charge in [0.15, 0.2) is 0 Å². The number of hydrogen-bond acceptors (Lipinski definition) is 3. The maximum Gasteiger partial charge on any atom is 0.273 e. The van der Waals surface area contributed by atoms with Gasteiger partial charge < -0.3 is 4.74 Å². The number of aromatic nitrogens is 1. The largest absolute Gasteiger partial charge is 0.467 e. The fraction of sp³-hybridized carbons (Fsp3) is 0.700. The lowest BCUT2D eigenvalue weighted by molar-refractivity contribution is 0.169. The van der Waals surface area contributed by atoms with Crippen LogP contribution in [0.3, 0.4) is 0 Å². The van der Waals surface area contributed by atoms with E-state index >= 15 is 0 Å². The first kappa shape index (κ1) is 10.5. The van der Waals surface area contributed by atoms with Crippen LogP contribution in [-0.4, -0.2) is 11.1 Å². The predicted octanol–water partition coefficient (Wildman–Crippen LogP) is 3.35. The average molecular weight is 199 g/mol. The van der Waals surface area contributed by atoms with Crippen molar-refractivity contribution in [2.45, 2.75) is 39.7 Å². The van der Waals surface area contributed by atoms with Crippen molar-refractivity contribution in [2.24, 2.45) is 5.92 Å². The van der Waals surface area contributed by atoms with Crippen molar-refractivity contribution in [1.29, 1.82) is 0 Å². The zero-order valence-corrected chi connectivity index (χ0v) is 9.30. The van der Waals surface area contributed by atoms with Gasteiger partial charge in [0.2, 0.25) is 0 Å². The fourth-order valence-corrected chi connectivity index (χ4v) is 1.79. The lowest BCUT2D eigenvalue weighted by Crippen LogP contribution is -2.17. The van der Waals surface area contributed by atoms with Gasteiger partial charge in [0.05, 0.1) is 0 Å². The third-order valence-corrected chi connectivity index (χ3v) is 2.53. The molecule has 13 heavy (non-hydrogen) atoms. The molecule has 0 aliphatic heterocycles. The molecule has 0 saturated heterocycles. The Labute approximate surface area is 84.0 Å². The molecule has 0 saturated carbocycles. The van der Waals surface area contributed by atoms with Crippen LogP contribution in [0.15, 0.2) is 11.6 Å². The molecule has 0 aliphatic carbocycles. The average Bonchev–Trinajstić information content (AvgIpc) is 2.55. The molecule has 0 N–H and O–H groups in total. The van der Waals surface area contributed by atoms with E-state index in [2.05, 4.69) is 25.8 Å². The van der Waals surface area contributed by atoms with E-state index in [1.54, 1.807) is 17.5 Å². The molecule has 0 aliphatic rings. The highest BCUT2D eigenvalue weighted by Gasteiger charge is 2.11. The second-order valence-corrected chi connectivity index (χ2v) is 4.43. The predicted molar refractivity (Wildman–Crippen MR) is 56.3 cm³/mol. The number of ether oxygens (including phenoxy) is 1. The highest BCUT2D eigenvalue weighted by Crippen LogP contribution is 2.19. The maximum atomic E-state index is 5.72. The SMILES string of the molecule is CCC(CC(C)C)Oc1nccs1. The lowest BCUT2D eigenvalue weighted by atomic mass is 10.0. The van der Waals surface area contributed by atoms with Crippen LogP contribution in [0.4, 0.5) is 0 Å². The Balaban J connectivity index is 2.40. The topological polar surface area (TPSA) is 22.1 Å². The second-order valence-electron chi connectivity index (χ2n) is 3.58. The van der Waals surface area contributed by atoms with Gasteiger partial charge in [-0.2, -0.15) is 0 Å². The van der Waals surface area contributed by atoms with E-state index in [1.807, 2.05) is 5.38 Å². The van der Waals surface area contributed by atoms with E-state index in [1.165, 1.54) is 0 Å². The molecule has 0 aromatic carbocycles. The van der Waals surface area contributed by atoms with Crippen LogP contribution >= 0.6 is 11.3 Å². The molecule has 74 valence electrons. The summed E-state index contributed by atoms with van der Waals surface area (Å²) in [7, 11) is 0. The molecular weight excluding hydrogens is 182 g/mol. The third kappa shape index (κ3) is 3.77. The van der Waals surface area contributed by atoms with Gasteiger partial charge in [-0.15, -0.1) is 0 Å². The first-order valence-corrected chi connectivity index (χ1v) is 5.66. The van der Waals surface area contributed by atoms with Crippen molar-refractivity contribution in [2.75, 3.05) is 0 Å². The summed E-state index contributed by atoms with van der Waals surface area (Å²) in [6.07, 6.45) is 4.27. The normalized spacial score (nSPS) is 13.2. The summed E-state index contributed by atoms with van der Waals surface area (Å²) in [5, 5.41) is 2.74. The van der Waals surface area contributed by atoms with Crippen molar-refractivity contribution in [1.82, 2.24) is 4.98 Å². The van der Waals surface area contributed by atoms with Gasteiger partial charge in [0.25, 0.3) is 5.19 Å². The van der Waals surface area contributed by atoms with Crippen LogP contribution in [0.25, 0.3) is 0 Å². The van der Waals surface area contributed by atoms with Crippen molar-refractivity contribution in [3.05, 3.63) is 11.6 Å². The fourth-order valence-electron chi connectivity index (χ4n) is 1.24. The van der Waals surface area contributed by atoms with Crippen LogP contribution in [0.1, 0.15) is 33.6 Å². The van der Waals surface area contributed by atoms with E-state index < -0.39 is 0 Å². The van der Waals surface area contributed by atoms with E-state index in [9.17, 15) is 0 Å². The highest BCUT2D eigenvalue weighted by molar-refractivity contribution is 7.11. The molecule has 0 radical (unpaired) electrons. The summed E-state index contributed by atoms with van der Waals surface area (Å²) in [6, 6.07) is 0. The van der Waals surface area contributed by atoms with Gasteiger partial charge in [0, 0.05) is 11.6 Å². The van der Waals surface area contributed by atoms with Gasteiger partial charge >= 0.3 is 0 Å². The molecule has 0 amide bonds. The Hall–Kier alpha value is -0.570. The molecular formula is C10H17NOS. The molecule has 1 heterocycles. The van der Waals surface area contributed by atoms with Crippen LogP contribution in [0.5, 0.6) is 5.19 Å². The van der Waals surface area contributed by atoms with Crippen LogP contribution in [0, 0.1) is 5.92 Å². The van der Waals surface area contributed by atoms with Crippen LogP contribution < -0.4 is 4.74 Å². The second kappa shape index (κ2) is 5.22. The molecule has 1 aromatic heterocycles. The molecule has 0 spiro atoms. The Morgan fingerprint density at radius 1 is 1.54 bits per heavy atom. The Kier molecular flexibility index (Phi) is 4.22. The minimum atomic E-state index is 0.325. The van der Waals surface area contributed by atoms with E-state index in [4.69, 9.17) is 4.74 Å². The van der Waals surface area contributed by atoms with Gasteiger partial charge in [-0.25, -0.2) is 4.98 Å². The lowest BCUT2D eigenvalue weighted by Gasteiger charge is -2.17. The van der Waals surface area contributed by atoms with Gasteiger partial charge in [-0.1, -0.05) is 32.1 Å². The number of thiazole rings is 1. The van der Waals surface area contributed by atoms with E-state index in [0.717, 1.165) is 18.0 Å². The molecule has 2 nitrogen and oxygen atoms in total. The summed E-state index contributed by atoms with van der Waals surface area (Å²) in [4.78, 5) is 4.11. The molecule has 1 aromatic rings. The monoisotopic (exact) mass is 199 g/mol. The first-order chi connectivity index (χ1) is 6.22. The molecule has 1 atom stereocenters. The molecule has 0 bridgehead atoms. The summed E-state index contributed by atoms with van der Waals surface area (Å²) in [5.74, 6) is 0.685. The van der Waals surface area contributed by atoms with Crippen LogP contribution in [-0.2, 0) is 0 Å². The minimum Gasteiger partial charge on any atom is -0.467 e. The van der Waals surface area contributed by atoms with Crippen molar-refractivity contribution in [3.8, 4) is 5.19 Å². The number of nitrogens with zero attached hydrogens (tertiary/aromatic N) is 1. The van der Waals surface area contributed by atoms with Crippen molar-refractivity contribution < 1.29 is 4.74 Å². The van der Waals surface area contributed by atoms with Crippen molar-refractivity contribution >= 4 is 11.3 Å². The van der Waals surface area contributed by atoms with E-state index in [-0.39, 0.29) is 0 Å². The zero-order chi connectivity index (χ0) is 9.68. The summed E-state index contributed by atoms with van der Waals surface area (Å²) in [5.41, 5.74) is 0. The Morgan fingerprint density at radius 3 is 2.77 bits per heavy atom. The van der Waals surface area contributed by atoms with Gasteiger partial charge in [-0.05, 0) is 18.8 Å². The standard InChI is InChI=1S/C10H17NOS/c1-4-9(7-8(2)3)12-10-11-5-6-13-10/h5-6,8-9H,4,7H2,1-3H3. The minimum absolute atomic E-state index is 0.325. The molecule has 1 unspecified atom stereocenters. The third-order valence-electron chi connectivity index (χ3n) is 1.87. The Morgan fingerprint density at radius 2 is 2.31 bits per heavy atom. The summed E-state index contributed by atoms with van der Waals surface area (Å²) < 4.78 is 5.72. The zero-order valence-electron chi connectivity index (χ0n) is 8.49. The number of hydrogen-bond donors (Lipinski definition) is 0. The smallest absolute Gasteiger partial charge is 0.273 e. The quantitative estimate of drug-likeness (QED) is 0.725. The Bertz CT molecular complexity index is 221. The highest BCUT2D eigenvalue weighted by atomic mass is 32.1. The number of rotatable bonds is 5. The first-order valence-electron chi connectivity index (χ1n) is 4.78. The molecule has 1 rings (SSSR count). The van der Waals surface area contributed by atoms with Gasteiger partial charge in [-0.3, -0.25) is 0 Å².